The van der Waals surface area contributed by atoms with Crippen molar-refractivity contribution in [2.75, 3.05) is 6.26 Å². The number of hydrogen-bond donors (Lipinski definition) is 0. The van der Waals surface area contributed by atoms with Crippen LogP contribution in [0.4, 0.5) is 0 Å². The van der Waals surface area contributed by atoms with E-state index in [1.807, 2.05) is 6.92 Å². The summed E-state index contributed by atoms with van der Waals surface area (Å²) in [5, 5.41) is 8.39. The van der Waals surface area contributed by atoms with E-state index in [0.717, 1.165) is 12.7 Å². The van der Waals surface area contributed by atoms with Crippen LogP contribution in [0.25, 0.3) is 0 Å². The molecule has 3 nitrogen and oxygen atoms in total. The minimum Gasteiger partial charge on any atom is -0.223 e. The van der Waals surface area contributed by atoms with Crippen molar-refractivity contribution < 1.29 is 8.42 Å². The Hall–Kier alpha value is -0.820. The van der Waals surface area contributed by atoms with Crippen LogP contribution >= 0.6 is 0 Å². The normalized spacial score (nSPS) is 12.6. The van der Waals surface area contributed by atoms with Gasteiger partial charge in [0.1, 0.15) is 11.0 Å². The van der Waals surface area contributed by atoms with Gasteiger partial charge in [-0.05, 0) is 6.42 Å². The second kappa shape index (κ2) is 4.14. The monoisotopic (exact) mass is 173 g/mol. The molecular weight excluding hydrogens is 162 g/mol. The number of sulfone groups is 1. The molecule has 0 rings (SSSR count). The van der Waals surface area contributed by atoms with Gasteiger partial charge in [0, 0.05) is 6.26 Å². The fourth-order valence-corrected chi connectivity index (χ4v) is 1.14. The molecular formula is C7H11NO2S. The Labute approximate surface area is 67.3 Å². The van der Waals surface area contributed by atoms with E-state index in [4.69, 9.17) is 5.26 Å². The van der Waals surface area contributed by atoms with Crippen molar-refractivity contribution in [1.82, 2.24) is 0 Å². The first-order valence-corrected chi connectivity index (χ1v) is 5.21. The number of unbranched alkanes of at least 4 members (excludes halogenated alkanes) is 1. The maximum Gasteiger partial charge on any atom is 0.185 e. The Morgan fingerprint density at radius 2 is 2.18 bits per heavy atom. The van der Waals surface area contributed by atoms with Gasteiger partial charge in [0.25, 0.3) is 0 Å². The zero-order valence-corrected chi connectivity index (χ0v) is 7.48. The van der Waals surface area contributed by atoms with Crippen molar-refractivity contribution in [3.8, 4) is 6.07 Å². The second-order valence-corrected chi connectivity index (χ2v) is 4.23. The van der Waals surface area contributed by atoms with Gasteiger partial charge in [0.2, 0.25) is 0 Å². The quantitative estimate of drug-likeness (QED) is 0.603. The molecule has 0 spiro atoms. The number of hydrogen-bond acceptors (Lipinski definition) is 3. The van der Waals surface area contributed by atoms with Crippen LogP contribution in [0.1, 0.15) is 19.8 Å². The summed E-state index contributed by atoms with van der Waals surface area (Å²) >= 11 is 0. The molecule has 0 unspecified atom stereocenters. The lowest BCUT2D eigenvalue weighted by atomic mass is 10.3. The van der Waals surface area contributed by atoms with E-state index in [0.29, 0.717) is 6.42 Å². The number of rotatable bonds is 3. The van der Waals surface area contributed by atoms with Crippen LogP contribution in [-0.4, -0.2) is 14.7 Å². The van der Waals surface area contributed by atoms with Gasteiger partial charge in [0.15, 0.2) is 9.84 Å². The topological polar surface area (TPSA) is 57.9 Å². The van der Waals surface area contributed by atoms with E-state index in [9.17, 15) is 8.42 Å². The summed E-state index contributed by atoms with van der Waals surface area (Å²) < 4.78 is 21.6. The van der Waals surface area contributed by atoms with Crippen molar-refractivity contribution in [3.05, 3.63) is 11.0 Å². The molecule has 62 valence electrons. The minimum atomic E-state index is -3.29. The first-order valence-electron chi connectivity index (χ1n) is 3.32. The highest BCUT2D eigenvalue weighted by Gasteiger charge is 2.08. The lowest BCUT2D eigenvalue weighted by Gasteiger charge is -1.92. The molecule has 0 fully saturated rings. The molecule has 0 aliphatic carbocycles. The second-order valence-electron chi connectivity index (χ2n) is 2.24. The number of nitriles is 1. The summed E-state index contributed by atoms with van der Waals surface area (Å²) in [6.45, 7) is 1.92. The Kier molecular flexibility index (Phi) is 3.83. The number of allylic oxidation sites excluding steroid dienone is 2. The van der Waals surface area contributed by atoms with E-state index in [-0.39, 0.29) is 4.91 Å². The average molecular weight is 173 g/mol. The molecule has 0 aromatic heterocycles. The van der Waals surface area contributed by atoms with Crippen LogP contribution in [0.5, 0.6) is 0 Å². The molecule has 0 aromatic rings. The van der Waals surface area contributed by atoms with Gasteiger partial charge < -0.3 is 0 Å². The van der Waals surface area contributed by atoms with Crippen LogP contribution in [0.15, 0.2) is 11.0 Å². The Balaban J connectivity index is 4.60. The zero-order chi connectivity index (χ0) is 8.91. The van der Waals surface area contributed by atoms with E-state index >= 15 is 0 Å². The highest BCUT2D eigenvalue weighted by molar-refractivity contribution is 7.94. The van der Waals surface area contributed by atoms with Gasteiger partial charge in [-0.25, -0.2) is 8.42 Å². The highest BCUT2D eigenvalue weighted by Crippen LogP contribution is 2.04. The van der Waals surface area contributed by atoms with E-state index in [1.54, 1.807) is 6.07 Å². The number of nitrogens with zero attached hydrogens (tertiary/aromatic N) is 1. The van der Waals surface area contributed by atoms with E-state index < -0.39 is 9.84 Å². The van der Waals surface area contributed by atoms with Gasteiger partial charge in [-0.2, -0.15) is 5.26 Å². The molecule has 0 saturated heterocycles. The highest BCUT2D eigenvalue weighted by atomic mass is 32.2. The fraction of sp³-hybridized carbons (Fsp3) is 0.571. The first-order chi connectivity index (χ1) is 5.02. The van der Waals surface area contributed by atoms with Crippen LogP contribution in [-0.2, 0) is 9.84 Å². The molecule has 0 radical (unpaired) electrons. The maximum atomic E-state index is 10.8. The summed E-state index contributed by atoms with van der Waals surface area (Å²) in [6, 6.07) is 1.65. The molecule has 0 atom stereocenters. The lowest BCUT2D eigenvalue weighted by Crippen LogP contribution is -1.98. The lowest BCUT2D eigenvalue weighted by molar-refractivity contribution is 0.608. The summed E-state index contributed by atoms with van der Waals surface area (Å²) in [5.74, 6) is 0. The molecule has 0 saturated carbocycles. The van der Waals surface area contributed by atoms with Crippen LogP contribution in [0, 0.1) is 11.3 Å². The molecule has 4 heteroatoms. The summed E-state index contributed by atoms with van der Waals surface area (Å²) in [5.41, 5.74) is 0. The van der Waals surface area contributed by atoms with Crippen molar-refractivity contribution in [2.45, 2.75) is 19.8 Å². The molecule has 0 aliphatic heterocycles. The predicted octanol–water partition coefficient (Wildman–Crippen LogP) is 1.24. The summed E-state index contributed by atoms with van der Waals surface area (Å²) in [6.07, 6.45) is 3.98. The third-order valence-electron chi connectivity index (χ3n) is 1.13. The van der Waals surface area contributed by atoms with Gasteiger partial charge >= 0.3 is 0 Å². The summed E-state index contributed by atoms with van der Waals surface area (Å²) in [7, 11) is -3.29. The van der Waals surface area contributed by atoms with Gasteiger partial charge in [0.05, 0.1) is 0 Å². The molecule has 0 heterocycles. The van der Waals surface area contributed by atoms with Crippen LogP contribution in [0.2, 0.25) is 0 Å². The molecule has 0 aromatic carbocycles. The molecule has 0 N–H and O–H groups in total. The summed E-state index contributed by atoms with van der Waals surface area (Å²) in [4.78, 5) is -0.126. The Bertz CT molecular complexity index is 282. The smallest absolute Gasteiger partial charge is 0.185 e. The van der Waals surface area contributed by atoms with Gasteiger partial charge in [-0.1, -0.05) is 19.4 Å². The van der Waals surface area contributed by atoms with Gasteiger partial charge in [-0.3, -0.25) is 0 Å². The standard InChI is InChI=1S/C7H11NO2S/c1-3-4-5-7(6-8)11(2,9)10/h5H,3-4H2,1-2H3. The molecule has 0 aliphatic rings. The third kappa shape index (κ3) is 3.79. The van der Waals surface area contributed by atoms with Crippen molar-refractivity contribution in [2.24, 2.45) is 0 Å². The van der Waals surface area contributed by atoms with Crippen molar-refractivity contribution in [1.29, 1.82) is 5.26 Å². The van der Waals surface area contributed by atoms with E-state index in [2.05, 4.69) is 0 Å². The SMILES string of the molecule is CCCC=C(C#N)S(C)(=O)=O. The van der Waals surface area contributed by atoms with Crippen LogP contribution in [0.3, 0.4) is 0 Å². The Morgan fingerprint density at radius 3 is 2.45 bits per heavy atom. The molecule has 11 heavy (non-hydrogen) atoms. The van der Waals surface area contributed by atoms with Crippen molar-refractivity contribution >= 4 is 9.84 Å². The molecule has 0 bridgehead atoms. The predicted molar refractivity (Wildman–Crippen MR) is 43.4 cm³/mol. The zero-order valence-electron chi connectivity index (χ0n) is 6.66. The van der Waals surface area contributed by atoms with Gasteiger partial charge in [-0.15, -0.1) is 0 Å². The first kappa shape index (κ1) is 10.2. The Morgan fingerprint density at radius 1 is 1.64 bits per heavy atom. The average Bonchev–Trinajstić information content (AvgIpc) is 1.87. The molecule has 0 amide bonds. The van der Waals surface area contributed by atoms with Crippen LogP contribution < -0.4 is 0 Å². The maximum absolute atomic E-state index is 10.8. The minimum absolute atomic E-state index is 0.126. The largest absolute Gasteiger partial charge is 0.223 e. The van der Waals surface area contributed by atoms with Crippen molar-refractivity contribution in [3.63, 3.8) is 0 Å². The third-order valence-corrected chi connectivity index (χ3v) is 2.18. The fourth-order valence-electron chi connectivity index (χ4n) is 0.555. The van der Waals surface area contributed by atoms with E-state index in [1.165, 1.54) is 6.08 Å².